The van der Waals surface area contributed by atoms with E-state index < -0.39 is 0 Å². The highest BCUT2D eigenvalue weighted by Crippen LogP contribution is 2.27. The van der Waals surface area contributed by atoms with Crippen molar-refractivity contribution in [1.82, 2.24) is 24.6 Å². The van der Waals surface area contributed by atoms with Crippen molar-refractivity contribution in [3.63, 3.8) is 0 Å². The van der Waals surface area contributed by atoms with E-state index in [1.807, 2.05) is 17.9 Å². The van der Waals surface area contributed by atoms with Gasteiger partial charge in [0.2, 0.25) is 0 Å². The first-order chi connectivity index (χ1) is 12.7. The summed E-state index contributed by atoms with van der Waals surface area (Å²) in [6.07, 6.45) is 7.37. The number of rotatable bonds is 4. The second-order valence-electron chi connectivity index (χ2n) is 6.52. The summed E-state index contributed by atoms with van der Waals surface area (Å²) in [7, 11) is 1.94. The lowest BCUT2D eigenvalue weighted by atomic mass is 10.1. The topological polar surface area (TPSA) is 50.1 Å². The van der Waals surface area contributed by atoms with Crippen LogP contribution in [0.2, 0.25) is 0 Å². The molecule has 0 atom stereocenters. The number of piperazine rings is 1. The molecule has 3 aromatic rings. The second-order valence-corrected chi connectivity index (χ2v) is 6.52. The van der Waals surface area contributed by atoms with Crippen molar-refractivity contribution >= 4 is 5.82 Å². The van der Waals surface area contributed by atoms with Gasteiger partial charge in [-0.2, -0.15) is 5.10 Å². The molecule has 26 heavy (non-hydrogen) atoms. The standard InChI is InChI=1S/C19H21FN6/c1-24-13-15(12-23-24)14-25-8-10-26(11-9-25)19-18(21-6-7-22-19)16-2-4-17(20)5-3-16/h2-7,12-13H,8-11,14H2,1H3. The van der Waals surface area contributed by atoms with Gasteiger partial charge in [0.15, 0.2) is 5.82 Å². The second kappa shape index (κ2) is 7.21. The highest BCUT2D eigenvalue weighted by Gasteiger charge is 2.21. The Kier molecular flexibility index (Phi) is 4.62. The Labute approximate surface area is 151 Å². The van der Waals surface area contributed by atoms with Gasteiger partial charge >= 0.3 is 0 Å². The minimum Gasteiger partial charge on any atom is -0.352 e. The monoisotopic (exact) mass is 352 g/mol. The number of aryl methyl sites for hydroxylation is 1. The third kappa shape index (κ3) is 3.57. The fourth-order valence-corrected chi connectivity index (χ4v) is 3.30. The average Bonchev–Trinajstić information content (AvgIpc) is 3.08. The Hall–Kier alpha value is -2.80. The zero-order chi connectivity index (χ0) is 17.9. The van der Waals surface area contributed by atoms with Crippen LogP contribution < -0.4 is 4.90 Å². The molecule has 0 N–H and O–H groups in total. The van der Waals surface area contributed by atoms with Gasteiger partial charge in [0, 0.05) is 69.5 Å². The van der Waals surface area contributed by atoms with E-state index in [2.05, 4.69) is 31.1 Å². The van der Waals surface area contributed by atoms with Crippen LogP contribution in [0.3, 0.4) is 0 Å². The van der Waals surface area contributed by atoms with E-state index in [0.717, 1.165) is 49.8 Å². The molecule has 0 amide bonds. The van der Waals surface area contributed by atoms with Crippen LogP contribution >= 0.6 is 0 Å². The summed E-state index contributed by atoms with van der Waals surface area (Å²) in [5.74, 6) is 0.614. The van der Waals surface area contributed by atoms with E-state index in [1.165, 1.54) is 17.7 Å². The zero-order valence-electron chi connectivity index (χ0n) is 14.7. The molecule has 0 radical (unpaired) electrons. The van der Waals surface area contributed by atoms with Gasteiger partial charge in [0.25, 0.3) is 0 Å². The molecular formula is C19H21FN6. The Morgan fingerprint density at radius 2 is 1.73 bits per heavy atom. The summed E-state index contributed by atoms with van der Waals surface area (Å²) in [6.45, 7) is 4.58. The number of benzene rings is 1. The molecule has 1 aliphatic heterocycles. The first kappa shape index (κ1) is 16.7. The third-order valence-electron chi connectivity index (χ3n) is 4.63. The molecule has 1 saturated heterocycles. The highest BCUT2D eigenvalue weighted by atomic mass is 19.1. The molecule has 3 heterocycles. The highest BCUT2D eigenvalue weighted by molar-refractivity contribution is 5.72. The summed E-state index contributed by atoms with van der Waals surface area (Å²) < 4.78 is 15.1. The molecule has 134 valence electrons. The van der Waals surface area contributed by atoms with Crippen LogP contribution in [-0.2, 0) is 13.6 Å². The molecule has 0 unspecified atom stereocenters. The number of hydrogen-bond acceptors (Lipinski definition) is 5. The van der Waals surface area contributed by atoms with Crippen molar-refractivity contribution in [2.24, 2.45) is 7.05 Å². The smallest absolute Gasteiger partial charge is 0.155 e. The van der Waals surface area contributed by atoms with Crippen molar-refractivity contribution in [2.75, 3.05) is 31.1 Å². The third-order valence-corrected chi connectivity index (χ3v) is 4.63. The molecule has 4 rings (SSSR count). The molecule has 6 nitrogen and oxygen atoms in total. The number of aromatic nitrogens is 4. The van der Waals surface area contributed by atoms with Crippen molar-refractivity contribution in [3.05, 3.63) is 60.4 Å². The van der Waals surface area contributed by atoms with Crippen molar-refractivity contribution in [2.45, 2.75) is 6.54 Å². The lowest BCUT2D eigenvalue weighted by molar-refractivity contribution is 0.249. The van der Waals surface area contributed by atoms with Crippen LogP contribution in [0.1, 0.15) is 5.56 Å². The van der Waals surface area contributed by atoms with Crippen LogP contribution in [0, 0.1) is 5.82 Å². The van der Waals surface area contributed by atoms with E-state index >= 15 is 0 Å². The van der Waals surface area contributed by atoms with E-state index in [4.69, 9.17) is 0 Å². The van der Waals surface area contributed by atoms with Crippen molar-refractivity contribution in [3.8, 4) is 11.3 Å². The Bertz CT molecular complexity index is 868. The van der Waals surface area contributed by atoms with E-state index in [-0.39, 0.29) is 5.82 Å². The predicted molar refractivity (Wildman–Crippen MR) is 98.1 cm³/mol. The summed E-state index contributed by atoms with van der Waals surface area (Å²) in [4.78, 5) is 13.7. The Morgan fingerprint density at radius 1 is 1.00 bits per heavy atom. The number of halogens is 1. The van der Waals surface area contributed by atoms with Gasteiger partial charge in [0.05, 0.1) is 6.20 Å². The molecule has 2 aromatic heterocycles. The minimum atomic E-state index is -0.247. The Balaban J connectivity index is 1.47. The lowest BCUT2D eigenvalue weighted by Crippen LogP contribution is -2.46. The maximum Gasteiger partial charge on any atom is 0.155 e. The molecule has 1 fully saturated rings. The fourth-order valence-electron chi connectivity index (χ4n) is 3.30. The molecule has 1 aromatic carbocycles. The summed E-state index contributed by atoms with van der Waals surface area (Å²) in [6, 6.07) is 6.42. The van der Waals surface area contributed by atoms with E-state index in [1.54, 1.807) is 24.5 Å². The zero-order valence-corrected chi connectivity index (χ0v) is 14.7. The summed E-state index contributed by atoms with van der Waals surface area (Å²) in [5, 5.41) is 4.23. The average molecular weight is 352 g/mol. The van der Waals surface area contributed by atoms with Gasteiger partial charge in [-0.3, -0.25) is 14.6 Å². The summed E-state index contributed by atoms with van der Waals surface area (Å²) >= 11 is 0. The van der Waals surface area contributed by atoms with Gasteiger partial charge < -0.3 is 4.90 Å². The van der Waals surface area contributed by atoms with Gasteiger partial charge in [-0.25, -0.2) is 9.37 Å². The fraction of sp³-hybridized carbons (Fsp3) is 0.316. The number of nitrogens with zero attached hydrogens (tertiary/aromatic N) is 6. The molecule has 0 bridgehead atoms. The number of anilines is 1. The molecule has 0 aliphatic carbocycles. The lowest BCUT2D eigenvalue weighted by Gasteiger charge is -2.35. The van der Waals surface area contributed by atoms with Crippen molar-refractivity contribution in [1.29, 1.82) is 0 Å². The van der Waals surface area contributed by atoms with Crippen LogP contribution in [0.5, 0.6) is 0 Å². The van der Waals surface area contributed by atoms with Crippen molar-refractivity contribution < 1.29 is 4.39 Å². The summed E-state index contributed by atoms with van der Waals surface area (Å²) in [5.41, 5.74) is 2.91. The quantitative estimate of drug-likeness (QED) is 0.721. The van der Waals surface area contributed by atoms with Crippen LogP contribution in [0.4, 0.5) is 10.2 Å². The molecule has 1 aliphatic rings. The molecular weight excluding hydrogens is 331 g/mol. The van der Waals surface area contributed by atoms with Gasteiger partial charge in [-0.1, -0.05) is 0 Å². The largest absolute Gasteiger partial charge is 0.352 e. The Morgan fingerprint density at radius 3 is 2.42 bits per heavy atom. The molecule has 0 saturated carbocycles. The van der Waals surface area contributed by atoms with Crippen LogP contribution in [0.15, 0.2) is 49.1 Å². The number of hydrogen-bond donors (Lipinski definition) is 0. The van der Waals surface area contributed by atoms with Crippen LogP contribution in [-0.4, -0.2) is 50.8 Å². The van der Waals surface area contributed by atoms with Crippen LogP contribution in [0.25, 0.3) is 11.3 Å². The first-order valence-electron chi connectivity index (χ1n) is 8.71. The molecule has 0 spiro atoms. The first-order valence-corrected chi connectivity index (χ1v) is 8.71. The van der Waals surface area contributed by atoms with E-state index in [0.29, 0.717) is 0 Å². The SMILES string of the molecule is Cn1cc(CN2CCN(c3nccnc3-c3ccc(F)cc3)CC2)cn1. The van der Waals surface area contributed by atoms with Gasteiger partial charge in [0.1, 0.15) is 11.5 Å². The maximum atomic E-state index is 13.2. The van der Waals surface area contributed by atoms with Gasteiger partial charge in [-0.15, -0.1) is 0 Å². The normalized spacial score (nSPS) is 15.4. The van der Waals surface area contributed by atoms with Gasteiger partial charge in [-0.05, 0) is 24.3 Å². The minimum absolute atomic E-state index is 0.247. The predicted octanol–water partition coefficient (Wildman–Crippen LogP) is 2.34. The maximum absolute atomic E-state index is 13.2. The van der Waals surface area contributed by atoms with E-state index in [9.17, 15) is 4.39 Å². The molecule has 7 heteroatoms.